The lowest BCUT2D eigenvalue weighted by Gasteiger charge is -2.34. The molecular weight excluding hydrogens is 444 g/mol. The van der Waals surface area contributed by atoms with Crippen molar-refractivity contribution >= 4 is 44.5 Å². The highest BCUT2D eigenvalue weighted by Crippen LogP contribution is 2.42. The van der Waals surface area contributed by atoms with Crippen molar-refractivity contribution in [3.63, 3.8) is 0 Å². The second-order valence-electron chi connectivity index (χ2n) is 6.23. The van der Waals surface area contributed by atoms with E-state index in [-0.39, 0.29) is 12.7 Å². The highest BCUT2D eigenvalue weighted by atomic mass is 79.9. The summed E-state index contributed by atoms with van der Waals surface area (Å²) in [5.41, 5.74) is 1.33. The molecule has 2 aromatic carbocycles. The Morgan fingerprint density at radius 3 is 2.89 bits per heavy atom. The Morgan fingerprint density at radius 1 is 1.29 bits per heavy atom. The maximum Gasteiger partial charge on any atom is 0.276 e. The second-order valence-corrected chi connectivity index (χ2v) is 8.34. The van der Waals surface area contributed by atoms with E-state index < -0.39 is 6.17 Å². The molecule has 7 nitrogen and oxygen atoms in total. The summed E-state index contributed by atoms with van der Waals surface area (Å²) in [6.07, 6.45) is -0.507. The molecule has 1 amide bonds. The van der Waals surface area contributed by atoms with E-state index >= 15 is 0 Å². The van der Waals surface area contributed by atoms with Gasteiger partial charge >= 0.3 is 0 Å². The Hall–Kier alpha value is -2.52. The minimum atomic E-state index is -0.507. The van der Waals surface area contributed by atoms with Crippen molar-refractivity contribution < 1.29 is 14.3 Å². The molecule has 2 aromatic rings. The second kappa shape index (κ2) is 6.82. The van der Waals surface area contributed by atoms with Crippen LogP contribution >= 0.6 is 27.7 Å². The Kier molecular flexibility index (Phi) is 4.28. The van der Waals surface area contributed by atoms with Crippen molar-refractivity contribution in [2.45, 2.75) is 13.1 Å². The number of nitrogens with one attached hydrogen (secondary N) is 1. The van der Waals surface area contributed by atoms with Crippen LogP contribution in [-0.4, -0.2) is 28.6 Å². The van der Waals surface area contributed by atoms with Crippen LogP contribution in [0.25, 0.3) is 5.70 Å². The zero-order valence-electron chi connectivity index (χ0n) is 14.8. The highest BCUT2D eigenvalue weighted by Gasteiger charge is 2.36. The van der Waals surface area contributed by atoms with E-state index in [2.05, 4.69) is 21.2 Å². The zero-order chi connectivity index (χ0) is 19.3. The van der Waals surface area contributed by atoms with Gasteiger partial charge in [0.2, 0.25) is 6.79 Å². The van der Waals surface area contributed by atoms with Gasteiger partial charge in [0.15, 0.2) is 22.8 Å². The van der Waals surface area contributed by atoms with Crippen LogP contribution in [0, 0.1) is 0 Å². The summed E-state index contributed by atoms with van der Waals surface area (Å²) in [6, 6.07) is 11.3. The summed E-state index contributed by atoms with van der Waals surface area (Å²) in [5.74, 6) is 1.95. The largest absolute Gasteiger partial charge is 0.454 e. The molecule has 0 unspecified atom stereocenters. The molecule has 0 aliphatic carbocycles. The third-order valence-corrected chi connectivity index (χ3v) is 6.00. The average Bonchev–Trinajstić information content (AvgIpc) is 3.14. The average molecular weight is 459 g/mol. The number of hydrogen-bond acceptors (Lipinski definition) is 7. The fraction of sp³-hybridized carbons (Fsp3) is 0.211. The molecule has 0 saturated heterocycles. The number of para-hydroxylation sites is 1. The van der Waals surface area contributed by atoms with E-state index in [1.54, 1.807) is 5.01 Å². The molecule has 0 aromatic heterocycles. The van der Waals surface area contributed by atoms with Gasteiger partial charge in [0.25, 0.3) is 5.91 Å². The summed E-state index contributed by atoms with van der Waals surface area (Å²) >= 11 is 5.10. The molecule has 0 spiro atoms. The molecule has 0 radical (unpaired) electrons. The topological polar surface area (TPSA) is 75.5 Å². The Morgan fingerprint density at radius 2 is 2.07 bits per heavy atom. The van der Waals surface area contributed by atoms with Crippen molar-refractivity contribution in [1.29, 1.82) is 0 Å². The molecule has 9 heteroatoms. The normalized spacial score (nSPS) is 19.4. The van der Waals surface area contributed by atoms with E-state index in [1.165, 1.54) is 11.8 Å². The first-order valence-corrected chi connectivity index (χ1v) is 10.5. The van der Waals surface area contributed by atoms with Gasteiger partial charge in [-0.3, -0.25) is 15.1 Å². The van der Waals surface area contributed by atoms with Crippen molar-refractivity contribution in [2.75, 3.05) is 12.5 Å². The van der Waals surface area contributed by atoms with Crippen molar-refractivity contribution in [3.8, 4) is 11.5 Å². The summed E-state index contributed by atoms with van der Waals surface area (Å²) in [7, 11) is 0. The first-order valence-electron chi connectivity index (χ1n) is 8.74. The number of hydrogen-bond donors (Lipinski definition) is 1. The van der Waals surface area contributed by atoms with Gasteiger partial charge in [-0.05, 0) is 24.0 Å². The Labute approximate surface area is 173 Å². The minimum Gasteiger partial charge on any atom is -0.454 e. The smallest absolute Gasteiger partial charge is 0.276 e. The number of nitrogens with zero attached hydrogens (tertiary/aromatic N) is 3. The molecule has 5 rings (SSSR count). The Bertz CT molecular complexity index is 1150. The Balaban J connectivity index is 1.74. The fourth-order valence-corrected chi connectivity index (χ4v) is 4.47. The molecule has 142 valence electrons. The minimum absolute atomic E-state index is 0.185. The number of thioether (sulfide) groups is 1. The molecule has 1 atom stereocenters. The van der Waals surface area contributed by atoms with Crippen LogP contribution in [0.15, 0.2) is 51.0 Å². The van der Waals surface area contributed by atoms with Crippen molar-refractivity contribution in [1.82, 2.24) is 10.3 Å². The number of fused-ring (bicyclic) bond motifs is 3. The predicted molar refractivity (Wildman–Crippen MR) is 109 cm³/mol. The fourth-order valence-electron chi connectivity index (χ4n) is 3.36. The van der Waals surface area contributed by atoms with Gasteiger partial charge in [0, 0.05) is 15.3 Å². The van der Waals surface area contributed by atoms with Crippen LogP contribution < -0.4 is 25.4 Å². The summed E-state index contributed by atoms with van der Waals surface area (Å²) in [5, 5.41) is 11.3. The number of carbonyl (C=O) groups excluding carboxylic acids is 1. The molecule has 3 aliphatic heterocycles. The van der Waals surface area contributed by atoms with Crippen LogP contribution in [-0.2, 0) is 4.79 Å². The summed E-state index contributed by atoms with van der Waals surface area (Å²) in [4.78, 5) is 17.8. The molecular formula is C19H15BrN4O3S. The molecule has 28 heavy (non-hydrogen) atoms. The lowest BCUT2D eigenvalue weighted by atomic mass is 10.1. The van der Waals surface area contributed by atoms with Crippen LogP contribution in [0.2, 0.25) is 0 Å². The SMILES string of the molecule is CCSC1=NN2C(=c3ccccc3=N[C@@H]2c2cc3c(cc2Br)OCO3)C(=O)N1. The molecule has 0 saturated carbocycles. The van der Waals surface area contributed by atoms with Gasteiger partial charge in [0.1, 0.15) is 5.70 Å². The molecule has 0 bridgehead atoms. The first kappa shape index (κ1) is 17.6. The summed E-state index contributed by atoms with van der Waals surface area (Å²) in [6.45, 7) is 2.20. The standard InChI is InChI=1S/C19H15BrN4O3S/c1-2-28-19-22-18(25)16-10-5-3-4-6-13(10)21-17(24(16)23-19)11-7-14-15(8-12(11)20)27-9-26-14/h3-8,17H,2,9H2,1H3,(H,22,23,25)/t17-/m0/s1. The third-order valence-electron chi connectivity index (χ3n) is 4.57. The summed E-state index contributed by atoms with van der Waals surface area (Å²) < 4.78 is 11.8. The van der Waals surface area contributed by atoms with Crippen LogP contribution in [0.5, 0.6) is 11.5 Å². The van der Waals surface area contributed by atoms with Gasteiger partial charge in [-0.1, -0.05) is 52.8 Å². The zero-order valence-corrected chi connectivity index (χ0v) is 17.2. The van der Waals surface area contributed by atoms with Crippen LogP contribution in [0.4, 0.5) is 0 Å². The van der Waals surface area contributed by atoms with E-state index in [0.29, 0.717) is 22.4 Å². The predicted octanol–water partition coefficient (Wildman–Crippen LogP) is 2.07. The molecule has 3 heterocycles. The number of rotatable bonds is 2. The maximum absolute atomic E-state index is 12.9. The van der Waals surface area contributed by atoms with Gasteiger partial charge in [-0.25, -0.2) is 5.01 Å². The number of hydrazone groups is 1. The number of halogens is 1. The van der Waals surface area contributed by atoms with E-state index in [4.69, 9.17) is 19.6 Å². The highest BCUT2D eigenvalue weighted by molar-refractivity contribution is 9.10. The number of amides is 1. The van der Waals surface area contributed by atoms with E-state index in [0.717, 1.165) is 26.4 Å². The van der Waals surface area contributed by atoms with Gasteiger partial charge in [0.05, 0.1) is 5.36 Å². The monoisotopic (exact) mass is 458 g/mol. The van der Waals surface area contributed by atoms with E-state index in [1.807, 2.05) is 43.3 Å². The number of ether oxygens (including phenoxy) is 2. The van der Waals surface area contributed by atoms with Gasteiger partial charge in [-0.2, -0.15) is 0 Å². The lowest BCUT2D eigenvalue weighted by molar-refractivity contribution is -0.116. The molecule has 1 N–H and O–H groups in total. The quantitative estimate of drug-likeness (QED) is 0.745. The van der Waals surface area contributed by atoms with E-state index in [9.17, 15) is 4.79 Å². The van der Waals surface area contributed by atoms with Gasteiger partial charge < -0.3 is 9.47 Å². The number of benzene rings is 2. The maximum atomic E-state index is 12.9. The lowest BCUT2D eigenvalue weighted by Crippen LogP contribution is -2.50. The number of amidine groups is 1. The van der Waals surface area contributed by atoms with Gasteiger partial charge in [-0.15, -0.1) is 5.10 Å². The molecule has 3 aliphatic rings. The first-order chi connectivity index (χ1) is 13.7. The number of carbonyl (C=O) groups is 1. The third kappa shape index (κ3) is 2.77. The van der Waals surface area contributed by atoms with Crippen LogP contribution in [0.1, 0.15) is 18.7 Å². The molecule has 0 fully saturated rings. The van der Waals surface area contributed by atoms with Crippen LogP contribution in [0.3, 0.4) is 0 Å². The van der Waals surface area contributed by atoms with Crippen molar-refractivity contribution in [2.24, 2.45) is 10.1 Å². The van der Waals surface area contributed by atoms with Crippen molar-refractivity contribution in [3.05, 3.63) is 57.0 Å².